The predicted octanol–water partition coefficient (Wildman–Crippen LogP) is 3.20. The number of hydrogen-bond acceptors (Lipinski definition) is 4. The number of aryl methyl sites for hydroxylation is 2. The fraction of sp³-hybridized carbons (Fsp3) is 0.182. The van der Waals surface area contributed by atoms with Crippen LogP contribution in [0.15, 0.2) is 79.3 Å². The second-order valence-corrected chi connectivity index (χ2v) is 6.85. The highest BCUT2D eigenvalue weighted by Crippen LogP contribution is 2.15. The molecule has 0 unspecified atom stereocenters. The van der Waals surface area contributed by atoms with Crippen molar-refractivity contribution in [3.8, 4) is 5.69 Å². The maximum atomic E-state index is 12.5. The topological polar surface area (TPSA) is 77.6 Å². The van der Waals surface area contributed by atoms with E-state index in [1.807, 2.05) is 61.7 Å². The summed E-state index contributed by atoms with van der Waals surface area (Å²) in [6, 6.07) is 19.8. The maximum Gasteiger partial charge on any atom is 0.273 e. The fourth-order valence-electron chi connectivity index (χ4n) is 3.04. The summed E-state index contributed by atoms with van der Waals surface area (Å²) in [5, 5.41) is 15.4. The number of benzene rings is 2. The van der Waals surface area contributed by atoms with Crippen molar-refractivity contribution in [1.82, 2.24) is 30.1 Å². The smallest absolute Gasteiger partial charge is 0.273 e. The summed E-state index contributed by atoms with van der Waals surface area (Å²) < 4.78 is 3.48. The normalized spacial score (nSPS) is 11.9. The number of para-hydroxylation sites is 1. The van der Waals surface area contributed by atoms with Crippen LogP contribution in [-0.2, 0) is 13.0 Å². The zero-order chi connectivity index (χ0) is 20.1. The number of hydrogen-bond donors (Lipinski definition) is 1. The molecule has 0 radical (unpaired) electrons. The van der Waals surface area contributed by atoms with Gasteiger partial charge in [-0.15, -0.1) is 5.10 Å². The predicted molar refractivity (Wildman–Crippen MR) is 110 cm³/mol. The molecular weight excluding hydrogens is 364 g/mol. The van der Waals surface area contributed by atoms with E-state index in [1.165, 1.54) is 5.56 Å². The summed E-state index contributed by atoms with van der Waals surface area (Å²) in [4.78, 5) is 12.5. The molecule has 0 saturated carbocycles. The van der Waals surface area contributed by atoms with Crippen LogP contribution in [0, 0.1) is 0 Å². The SMILES string of the molecule is C[C@@H](NC(=O)c1cn(CCc2ccccc2)nn1)c1cnn(-c2ccccc2)c1. The van der Waals surface area contributed by atoms with Gasteiger partial charge in [0, 0.05) is 18.3 Å². The Kier molecular flexibility index (Phi) is 5.47. The average molecular weight is 386 g/mol. The van der Waals surface area contributed by atoms with Crippen molar-refractivity contribution in [2.24, 2.45) is 0 Å². The average Bonchev–Trinajstić information content (AvgIpc) is 3.44. The molecule has 2 heterocycles. The zero-order valence-corrected chi connectivity index (χ0v) is 16.1. The van der Waals surface area contributed by atoms with E-state index in [1.54, 1.807) is 21.8 Å². The van der Waals surface area contributed by atoms with E-state index in [0.717, 1.165) is 17.7 Å². The lowest BCUT2D eigenvalue weighted by Crippen LogP contribution is -2.26. The molecule has 0 aliphatic carbocycles. The Morgan fingerprint density at radius 2 is 1.76 bits per heavy atom. The van der Waals surface area contributed by atoms with E-state index < -0.39 is 0 Å². The Morgan fingerprint density at radius 1 is 1.03 bits per heavy atom. The van der Waals surface area contributed by atoms with Gasteiger partial charge in [0.15, 0.2) is 5.69 Å². The van der Waals surface area contributed by atoms with Crippen molar-refractivity contribution in [1.29, 1.82) is 0 Å². The van der Waals surface area contributed by atoms with Gasteiger partial charge in [0.05, 0.1) is 24.1 Å². The molecule has 0 bridgehead atoms. The lowest BCUT2D eigenvalue weighted by atomic mass is 10.1. The summed E-state index contributed by atoms with van der Waals surface area (Å²) >= 11 is 0. The van der Waals surface area contributed by atoms with Crippen LogP contribution in [0.1, 0.15) is 34.6 Å². The second kappa shape index (κ2) is 8.52. The molecule has 1 N–H and O–H groups in total. The summed E-state index contributed by atoms with van der Waals surface area (Å²) in [6.07, 6.45) is 6.18. The zero-order valence-electron chi connectivity index (χ0n) is 16.1. The van der Waals surface area contributed by atoms with Crippen molar-refractivity contribution >= 4 is 5.91 Å². The van der Waals surface area contributed by atoms with E-state index in [9.17, 15) is 4.79 Å². The number of amides is 1. The molecule has 146 valence electrons. The van der Waals surface area contributed by atoms with Crippen LogP contribution in [0.2, 0.25) is 0 Å². The molecule has 0 aliphatic rings. The summed E-state index contributed by atoms with van der Waals surface area (Å²) in [5.41, 5.74) is 3.41. The van der Waals surface area contributed by atoms with E-state index >= 15 is 0 Å². The Morgan fingerprint density at radius 3 is 2.52 bits per heavy atom. The monoisotopic (exact) mass is 386 g/mol. The van der Waals surface area contributed by atoms with Crippen molar-refractivity contribution in [2.45, 2.75) is 25.9 Å². The number of nitrogens with zero attached hydrogens (tertiary/aromatic N) is 5. The van der Waals surface area contributed by atoms with Crippen molar-refractivity contribution in [3.63, 3.8) is 0 Å². The van der Waals surface area contributed by atoms with Gasteiger partial charge >= 0.3 is 0 Å². The van der Waals surface area contributed by atoms with Crippen LogP contribution in [0.3, 0.4) is 0 Å². The minimum atomic E-state index is -0.254. The number of carbonyl (C=O) groups excluding carboxylic acids is 1. The number of nitrogens with one attached hydrogen (secondary N) is 1. The molecule has 29 heavy (non-hydrogen) atoms. The maximum absolute atomic E-state index is 12.5. The van der Waals surface area contributed by atoms with E-state index in [0.29, 0.717) is 12.2 Å². The Bertz CT molecular complexity index is 1070. The van der Waals surface area contributed by atoms with Crippen LogP contribution < -0.4 is 5.32 Å². The lowest BCUT2D eigenvalue weighted by Gasteiger charge is -2.10. The molecule has 7 heteroatoms. The highest BCUT2D eigenvalue weighted by atomic mass is 16.2. The number of rotatable bonds is 7. The molecule has 7 nitrogen and oxygen atoms in total. The minimum absolute atomic E-state index is 0.200. The molecule has 2 aromatic carbocycles. The first kappa shape index (κ1) is 18.6. The van der Waals surface area contributed by atoms with Gasteiger partial charge < -0.3 is 5.32 Å². The van der Waals surface area contributed by atoms with Gasteiger partial charge in [0.2, 0.25) is 0 Å². The van der Waals surface area contributed by atoms with E-state index in [4.69, 9.17) is 0 Å². The Labute approximate surface area is 169 Å². The standard InChI is InChI=1S/C22H22N6O/c1-17(19-14-23-28(15-19)20-10-6-3-7-11-20)24-22(29)21-16-27(26-25-21)13-12-18-8-4-2-5-9-18/h2-11,14-17H,12-13H2,1H3,(H,24,29)/t17-/m1/s1. The molecule has 0 fully saturated rings. The summed E-state index contributed by atoms with van der Waals surface area (Å²) in [5.74, 6) is -0.254. The molecule has 1 atom stereocenters. The first-order valence-electron chi connectivity index (χ1n) is 9.54. The molecule has 2 aromatic heterocycles. The summed E-state index contributed by atoms with van der Waals surface area (Å²) in [7, 11) is 0. The van der Waals surface area contributed by atoms with Gasteiger partial charge in [-0.1, -0.05) is 53.7 Å². The van der Waals surface area contributed by atoms with Crippen LogP contribution in [0.25, 0.3) is 5.69 Å². The molecule has 0 spiro atoms. The second-order valence-electron chi connectivity index (χ2n) is 6.85. The minimum Gasteiger partial charge on any atom is -0.344 e. The summed E-state index contributed by atoms with van der Waals surface area (Å²) in [6.45, 7) is 2.59. The third-order valence-electron chi connectivity index (χ3n) is 4.71. The molecule has 4 rings (SSSR count). The van der Waals surface area contributed by atoms with Crippen molar-refractivity contribution in [2.75, 3.05) is 0 Å². The van der Waals surface area contributed by atoms with Crippen LogP contribution in [0.5, 0.6) is 0 Å². The first-order chi connectivity index (χ1) is 14.2. The number of carbonyl (C=O) groups is 1. The fourth-order valence-corrected chi connectivity index (χ4v) is 3.04. The van der Waals surface area contributed by atoms with E-state index in [2.05, 4.69) is 32.9 Å². The first-order valence-corrected chi connectivity index (χ1v) is 9.54. The van der Waals surface area contributed by atoms with Crippen LogP contribution >= 0.6 is 0 Å². The molecule has 1 amide bonds. The Hall–Kier alpha value is -3.74. The highest BCUT2D eigenvalue weighted by Gasteiger charge is 2.16. The highest BCUT2D eigenvalue weighted by molar-refractivity contribution is 5.92. The molecule has 0 aliphatic heterocycles. The third-order valence-corrected chi connectivity index (χ3v) is 4.71. The van der Waals surface area contributed by atoms with Crippen molar-refractivity contribution in [3.05, 3.63) is 96.1 Å². The quantitative estimate of drug-likeness (QED) is 0.529. The number of aromatic nitrogens is 5. The van der Waals surface area contributed by atoms with Gasteiger partial charge in [-0.3, -0.25) is 9.48 Å². The van der Waals surface area contributed by atoms with Gasteiger partial charge in [-0.2, -0.15) is 5.10 Å². The van der Waals surface area contributed by atoms with Crippen LogP contribution in [-0.4, -0.2) is 30.7 Å². The van der Waals surface area contributed by atoms with Crippen LogP contribution in [0.4, 0.5) is 0 Å². The Balaban J connectivity index is 1.36. The third kappa shape index (κ3) is 4.57. The van der Waals surface area contributed by atoms with Gasteiger partial charge in [0.1, 0.15) is 0 Å². The molecule has 0 saturated heterocycles. The van der Waals surface area contributed by atoms with Gasteiger partial charge in [-0.25, -0.2) is 4.68 Å². The van der Waals surface area contributed by atoms with E-state index in [-0.39, 0.29) is 11.9 Å². The molecule has 4 aromatic rings. The lowest BCUT2D eigenvalue weighted by molar-refractivity contribution is 0.0934. The van der Waals surface area contributed by atoms with Gasteiger partial charge in [-0.05, 0) is 31.0 Å². The largest absolute Gasteiger partial charge is 0.344 e. The van der Waals surface area contributed by atoms with Gasteiger partial charge in [0.25, 0.3) is 5.91 Å². The molecular formula is C22H22N6O. The van der Waals surface area contributed by atoms with Crippen molar-refractivity contribution < 1.29 is 4.79 Å².